The number of carbonyl (C=O) groups excluding carboxylic acids is 4. The normalized spacial score (nSPS) is 12.1. The molecule has 0 fully saturated rings. The van der Waals surface area contributed by atoms with Crippen LogP contribution in [-0.4, -0.2) is 90.7 Å². The molecule has 310 valence electrons. The lowest BCUT2D eigenvalue weighted by Gasteiger charge is -2.28. The molecule has 1 aliphatic heterocycles. The van der Waals surface area contributed by atoms with Gasteiger partial charge in [-0.15, -0.1) is 5.10 Å². The molecule has 15 nitrogen and oxygen atoms in total. The number of nitrogens with zero attached hydrogens (tertiary/aromatic N) is 5. The third-order valence-corrected chi connectivity index (χ3v) is 9.88. The van der Waals surface area contributed by atoms with Gasteiger partial charge in [-0.25, -0.2) is 4.68 Å². The lowest BCUT2D eigenvalue weighted by Crippen LogP contribution is -2.48. The first kappa shape index (κ1) is 42.9. The molecule has 5 aromatic rings. The number of fused-ring (bicyclic) bond motifs is 5. The summed E-state index contributed by atoms with van der Waals surface area (Å²) in [4.78, 5) is 54.5. The topological polar surface area (TPSA) is 207 Å². The fourth-order valence-corrected chi connectivity index (χ4v) is 6.92. The van der Waals surface area contributed by atoms with Gasteiger partial charge in [0.1, 0.15) is 18.3 Å². The molecule has 0 bridgehead atoms. The Bertz CT molecular complexity index is 2270. The standard InChI is InChI=1S/C45H49N9O6/c46-21-23-49-45(58)38(29-32-9-2-1-3-10-32)50-44(57)34-19-17-33(18-20-34)30-54-43-36-12-5-4-11-35(36)31-53(39-14-7-6-13-37(39)42(43)51-52-54)41(56)16-8-15-40(55)48-24-26-60-28-27-59-25-22-47/h1-7,9-14,17-20,38H,8,15-16,22-31,47H2,(H,48,55)(H,49,58)(H,50,57)/t38-/m0/s1. The van der Waals surface area contributed by atoms with Crippen LogP contribution in [0.4, 0.5) is 5.69 Å². The number of hydrogen-bond acceptors (Lipinski definition) is 10. The molecule has 4 amide bonds. The molecule has 60 heavy (non-hydrogen) atoms. The van der Waals surface area contributed by atoms with E-state index in [-0.39, 0.29) is 37.6 Å². The van der Waals surface area contributed by atoms with Crippen molar-refractivity contribution in [3.63, 3.8) is 0 Å². The van der Waals surface area contributed by atoms with E-state index in [1.165, 1.54) is 0 Å². The van der Waals surface area contributed by atoms with E-state index >= 15 is 0 Å². The zero-order valence-electron chi connectivity index (χ0n) is 33.3. The number of benzene rings is 4. The van der Waals surface area contributed by atoms with Crippen molar-refractivity contribution in [1.29, 1.82) is 5.26 Å². The zero-order valence-corrected chi connectivity index (χ0v) is 33.3. The Morgan fingerprint density at radius 3 is 2.28 bits per heavy atom. The van der Waals surface area contributed by atoms with Crippen LogP contribution in [0.15, 0.2) is 103 Å². The number of nitrogens with one attached hydrogen (secondary N) is 3. The van der Waals surface area contributed by atoms with Crippen molar-refractivity contribution in [2.75, 3.05) is 51.0 Å². The van der Waals surface area contributed by atoms with E-state index < -0.39 is 17.9 Å². The third-order valence-electron chi connectivity index (χ3n) is 9.88. The van der Waals surface area contributed by atoms with Crippen molar-refractivity contribution in [3.05, 3.63) is 125 Å². The van der Waals surface area contributed by atoms with Crippen LogP contribution in [0.25, 0.3) is 22.5 Å². The number of ether oxygens (including phenoxy) is 2. The second-order valence-electron chi connectivity index (χ2n) is 14.1. The Morgan fingerprint density at radius 1 is 0.800 bits per heavy atom. The Morgan fingerprint density at radius 2 is 1.52 bits per heavy atom. The van der Waals surface area contributed by atoms with Gasteiger partial charge in [-0.3, -0.25) is 19.2 Å². The summed E-state index contributed by atoms with van der Waals surface area (Å²) in [5.74, 6) is -1.12. The summed E-state index contributed by atoms with van der Waals surface area (Å²) in [5.41, 5.74) is 12.2. The minimum Gasteiger partial charge on any atom is -0.378 e. The van der Waals surface area contributed by atoms with E-state index in [0.29, 0.717) is 76.0 Å². The van der Waals surface area contributed by atoms with Crippen LogP contribution in [0.3, 0.4) is 0 Å². The summed E-state index contributed by atoms with van der Waals surface area (Å²) in [5, 5.41) is 26.5. The smallest absolute Gasteiger partial charge is 0.251 e. The maximum absolute atomic E-state index is 13.9. The van der Waals surface area contributed by atoms with Crippen molar-refractivity contribution >= 4 is 29.3 Å². The Hall–Kier alpha value is -6.73. The van der Waals surface area contributed by atoms with Crippen molar-refractivity contribution in [1.82, 2.24) is 30.9 Å². The average molecular weight is 812 g/mol. The quantitative estimate of drug-likeness (QED) is 0.0662. The largest absolute Gasteiger partial charge is 0.378 e. The highest BCUT2D eigenvalue weighted by Crippen LogP contribution is 2.41. The minimum atomic E-state index is -0.877. The van der Waals surface area contributed by atoms with Crippen LogP contribution in [0.5, 0.6) is 0 Å². The van der Waals surface area contributed by atoms with Crippen LogP contribution in [0.1, 0.15) is 46.3 Å². The molecule has 6 rings (SSSR count). The highest BCUT2D eigenvalue weighted by atomic mass is 16.5. The molecular formula is C45H49N9O6. The zero-order chi connectivity index (χ0) is 42.1. The molecule has 15 heteroatoms. The van der Waals surface area contributed by atoms with E-state index in [4.69, 9.17) is 20.5 Å². The van der Waals surface area contributed by atoms with Crippen LogP contribution in [0, 0.1) is 11.3 Å². The van der Waals surface area contributed by atoms with Crippen LogP contribution in [0.2, 0.25) is 0 Å². The maximum Gasteiger partial charge on any atom is 0.251 e. The average Bonchev–Trinajstić information content (AvgIpc) is 3.67. The lowest BCUT2D eigenvalue weighted by atomic mass is 9.95. The molecule has 0 radical (unpaired) electrons. The van der Waals surface area contributed by atoms with Gasteiger partial charge in [0.05, 0.1) is 57.0 Å². The Labute approximate surface area is 348 Å². The van der Waals surface area contributed by atoms with Gasteiger partial charge in [0.25, 0.3) is 5.91 Å². The number of nitrogens with two attached hydrogens (primary N) is 1. The fraction of sp³-hybridized carbons (Fsp3) is 0.311. The molecule has 2 heterocycles. The number of carbonyl (C=O) groups is 4. The van der Waals surface area contributed by atoms with Crippen molar-refractivity contribution in [2.24, 2.45) is 5.73 Å². The van der Waals surface area contributed by atoms with Crippen molar-refractivity contribution in [3.8, 4) is 28.6 Å². The molecule has 5 N–H and O–H groups in total. The number of hydrogen-bond donors (Lipinski definition) is 4. The number of nitriles is 1. The molecular weight excluding hydrogens is 763 g/mol. The van der Waals surface area contributed by atoms with Gasteiger partial charge < -0.3 is 36.1 Å². The summed E-state index contributed by atoms with van der Waals surface area (Å²) in [6.07, 6.45) is 1.03. The first-order valence-electron chi connectivity index (χ1n) is 20.0. The summed E-state index contributed by atoms with van der Waals surface area (Å²) < 4.78 is 12.6. The van der Waals surface area contributed by atoms with Crippen LogP contribution in [-0.2, 0) is 43.4 Å². The molecule has 1 aliphatic rings. The summed E-state index contributed by atoms with van der Waals surface area (Å²) in [6, 6.07) is 32.9. The van der Waals surface area contributed by atoms with Crippen LogP contribution >= 0.6 is 0 Å². The van der Waals surface area contributed by atoms with Gasteiger partial charge in [-0.2, -0.15) is 5.26 Å². The number of anilines is 1. The Balaban J connectivity index is 1.13. The highest BCUT2D eigenvalue weighted by molar-refractivity contribution is 6.00. The molecule has 1 atom stereocenters. The predicted molar refractivity (Wildman–Crippen MR) is 225 cm³/mol. The van der Waals surface area contributed by atoms with E-state index in [2.05, 4.69) is 26.3 Å². The van der Waals surface area contributed by atoms with Gasteiger partial charge in [0, 0.05) is 49.0 Å². The fourth-order valence-electron chi connectivity index (χ4n) is 6.92. The first-order valence-corrected chi connectivity index (χ1v) is 20.0. The van der Waals surface area contributed by atoms with Gasteiger partial charge in [-0.05, 0) is 41.3 Å². The second-order valence-corrected chi connectivity index (χ2v) is 14.1. The molecule has 0 saturated heterocycles. The van der Waals surface area contributed by atoms with E-state index in [1.54, 1.807) is 17.0 Å². The predicted octanol–water partition coefficient (Wildman–Crippen LogP) is 3.77. The number of amides is 4. The molecule has 4 aromatic carbocycles. The molecule has 0 saturated carbocycles. The monoisotopic (exact) mass is 811 g/mol. The third kappa shape index (κ3) is 11.5. The Kier molecular flexibility index (Phi) is 15.6. The van der Waals surface area contributed by atoms with Gasteiger partial charge in [-0.1, -0.05) is 90.1 Å². The van der Waals surface area contributed by atoms with E-state index in [1.807, 2.05) is 102 Å². The summed E-state index contributed by atoms with van der Waals surface area (Å²) in [6.45, 7) is 3.02. The molecule has 0 unspecified atom stereocenters. The number of para-hydroxylation sites is 1. The highest BCUT2D eigenvalue weighted by Gasteiger charge is 2.29. The van der Waals surface area contributed by atoms with Crippen molar-refractivity contribution < 1.29 is 28.7 Å². The van der Waals surface area contributed by atoms with Crippen molar-refractivity contribution in [2.45, 2.75) is 44.8 Å². The van der Waals surface area contributed by atoms with E-state index in [0.717, 1.165) is 33.5 Å². The SMILES string of the molecule is N#CCNC(=O)[C@H](Cc1ccccc1)NC(=O)c1ccc(Cn2nnc3c2-c2ccccc2CN(C(=O)CCCC(=O)NCCOCCOCCN)c2ccccc2-3)cc1. The van der Waals surface area contributed by atoms with E-state index in [9.17, 15) is 19.2 Å². The summed E-state index contributed by atoms with van der Waals surface area (Å²) >= 11 is 0. The second kappa shape index (κ2) is 21.9. The molecule has 1 aromatic heterocycles. The van der Waals surface area contributed by atoms with Gasteiger partial charge in [0.2, 0.25) is 17.7 Å². The van der Waals surface area contributed by atoms with Gasteiger partial charge in [0.15, 0.2) is 0 Å². The lowest BCUT2D eigenvalue weighted by molar-refractivity contribution is -0.123. The first-order chi connectivity index (χ1) is 29.4. The molecule has 0 spiro atoms. The number of rotatable bonds is 20. The minimum absolute atomic E-state index is 0.111. The molecule has 0 aliphatic carbocycles. The summed E-state index contributed by atoms with van der Waals surface area (Å²) in [7, 11) is 0. The number of aromatic nitrogens is 3. The maximum atomic E-state index is 13.9. The van der Waals surface area contributed by atoms with Gasteiger partial charge >= 0.3 is 0 Å². The van der Waals surface area contributed by atoms with Crippen LogP contribution < -0.4 is 26.6 Å².